The number of hydrogen-bond acceptors (Lipinski definition) is 24. The fourth-order valence-electron chi connectivity index (χ4n) is 15.9. The summed E-state index contributed by atoms with van der Waals surface area (Å²) in [6, 6.07) is 0. The van der Waals surface area contributed by atoms with E-state index in [4.69, 9.17) is 46.9 Å². The molecule has 3 rings (SSSR count). The Balaban J connectivity index is 1.93. The van der Waals surface area contributed by atoms with E-state index in [9.17, 15) is 74.6 Å². The number of carbonyl (C=O) groups is 4. The van der Waals surface area contributed by atoms with Crippen molar-refractivity contribution in [3.8, 4) is 0 Å². The number of unbranched alkanes of at least 4 members (excludes halogenated alkanes) is 40. The molecule has 119 heavy (non-hydrogen) atoms. The van der Waals surface area contributed by atoms with Crippen molar-refractivity contribution in [3.05, 3.63) is 24.3 Å². The molecule has 0 aromatic heterocycles. The number of phosphoric acid groups is 1. The van der Waals surface area contributed by atoms with Crippen LogP contribution in [0.25, 0.3) is 0 Å². The standard InChI is InChI=1S/C93H171O25P/c1-7-11-15-19-23-25-27-29-30-32-33-35-37-47-55-63-76(95)109-68-73(112-78(97)65-57-50-42-40-46-54-62-72(6)60-52-44-22-18-14-10-4)69-111-119(107,108)118-91-89(116-92-86(105)82(101)80(99)74(67-94)113-92)85(104)84(103)88(115-79(98)66-58-49-38-36-34-31-28-26-24-20-16-12-8-2)90(91)117-93-87(106)83(102)81(100)75(114-93)70-110-77(96)64-56-48-41-39-45-53-61-71(5)59-51-43-21-17-13-9-3/h25,27,31,34,71-75,80-94,99-106H,7-24,26,28-30,32-33,35-70H2,1-6H3,(H,107,108)/b27-25-,34-31-. The van der Waals surface area contributed by atoms with Crippen molar-refractivity contribution in [2.45, 2.75) is 505 Å². The monoisotopic (exact) mass is 1720 g/mol. The zero-order chi connectivity index (χ0) is 87.1. The van der Waals surface area contributed by atoms with Gasteiger partial charge in [0.15, 0.2) is 24.8 Å². The average molecular weight is 1720 g/mol. The van der Waals surface area contributed by atoms with E-state index in [0.717, 1.165) is 141 Å². The van der Waals surface area contributed by atoms with E-state index in [0.29, 0.717) is 43.9 Å². The Kier molecular flexibility index (Phi) is 64.8. The molecule has 0 bridgehead atoms. The zero-order valence-corrected chi connectivity index (χ0v) is 75.6. The molecular formula is C93H171O25P. The van der Waals surface area contributed by atoms with Gasteiger partial charge in [0.2, 0.25) is 0 Å². The van der Waals surface area contributed by atoms with Crippen LogP contribution in [0.3, 0.4) is 0 Å². The zero-order valence-electron chi connectivity index (χ0n) is 74.7. The van der Waals surface area contributed by atoms with Gasteiger partial charge in [-0.3, -0.25) is 28.2 Å². The molecule has 698 valence electrons. The quantitative estimate of drug-likeness (QED) is 0.00889. The first-order valence-electron chi connectivity index (χ1n) is 47.9. The summed E-state index contributed by atoms with van der Waals surface area (Å²) in [5.41, 5.74) is 0. The maximum atomic E-state index is 14.9. The molecule has 2 heterocycles. The number of aliphatic hydroxyl groups excluding tert-OH is 9. The maximum absolute atomic E-state index is 14.9. The van der Waals surface area contributed by atoms with Crippen LogP contribution >= 0.6 is 7.82 Å². The first-order chi connectivity index (χ1) is 57.5. The van der Waals surface area contributed by atoms with E-state index < -0.39 is 162 Å². The number of allylic oxidation sites excluding steroid dienone is 4. The van der Waals surface area contributed by atoms with E-state index in [1.807, 2.05) is 0 Å². The predicted octanol–water partition coefficient (Wildman–Crippen LogP) is 17.8. The highest BCUT2D eigenvalue weighted by molar-refractivity contribution is 7.47. The molecular weight excluding hydrogens is 1550 g/mol. The Bertz CT molecular complexity index is 2600. The molecule has 3 fully saturated rings. The number of rotatable bonds is 76. The summed E-state index contributed by atoms with van der Waals surface area (Å²) in [7, 11) is -5.82. The lowest BCUT2D eigenvalue weighted by Crippen LogP contribution is -2.70. The summed E-state index contributed by atoms with van der Waals surface area (Å²) < 4.78 is 73.5. The third kappa shape index (κ3) is 50.8. The van der Waals surface area contributed by atoms with Crippen LogP contribution in [0.15, 0.2) is 24.3 Å². The summed E-state index contributed by atoms with van der Waals surface area (Å²) in [5, 5.41) is 102. The van der Waals surface area contributed by atoms with E-state index in [1.54, 1.807) is 0 Å². The van der Waals surface area contributed by atoms with Crippen LogP contribution in [0.2, 0.25) is 0 Å². The van der Waals surface area contributed by atoms with Crippen molar-refractivity contribution in [1.29, 1.82) is 0 Å². The molecule has 0 aromatic rings. The minimum atomic E-state index is -5.82. The lowest BCUT2D eigenvalue weighted by atomic mass is 9.84. The molecule has 20 atom stereocenters. The Hall–Kier alpha value is -3.05. The highest BCUT2D eigenvalue weighted by atomic mass is 31.2. The molecule has 2 aliphatic heterocycles. The highest BCUT2D eigenvalue weighted by Gasteiger charge is 2.60. The largest absolute Gasteiger partial charge is 0.472 e. The number of carbonyl (C=O) groups excluding carboxylic acids is 4. The van der Waals surface area contributed by atoms with Crippen LogP contribution in [-0.2, 0) is 70.7 Å². The third-order valence-corrected chi connectivity index (χ3v) is 24.7. The summed E-state index contributed by atoms with van der Waals surface area (Å²) >= 11 is 0. The first kappa shape index (κ1) is 110. The van der Waals surface area contributed by atoms with Crippen LogP contribution in [-0.4, -0.2) is 205 Å². The van der Waals surface area contributed by atoms with Gasteiger partial charge in [0.1, 0.15) is 92.6 Å². The molecule has 25 nitrogen and oxygen atoms in total. The summed E-state index contributed by atoms with van der Waals surface area (Å²) in [6.07, 6.45) is 27.5. The Morgan fingerprint density at radius 2 is 0.681 bits per heavy atom. The predicted molar refractivity (Wildman–Crippen MR) is 462 cm³/mol. The van der Waals surface area contributed by atoms with E-state index in [1.165, 1.54) is 154 Å². The average Bonchev–Trinajstić information content (AvgIpc) is 0.754. The molecule has 10 N–H and O–H groups in total. The fraction of sp³-hybridized carbons (Fsp3) is 0.914. The molecule has 0 aromatic carbocycles. The topological polar surface area (TPSA) is 380 Å². The number of aliphatic hydroxyl groups is 9. The van der Waals surface area contributed by atoms with E-state index in [2.05, 4.69) is 65.8 Å². The molecule has 1 saturated carbocycles. The van der Waals surface area contributed by atoms with Gasteiger partial charge < -0.3 is 88.7 Å². The van der Waals surface area contributed by atoms with Gasteiger partial charge in [0.25, 0.3) is 0 Å². The van der Waals surface area contributed by atoms with Crippen LogP contribution in [0.1, 0.15) is 401 Å². The lowest BCUT2D eigenvalue weighted by Gasteiger charge is -2.50. The van der Waals surface area contributed by atoms with Crippen LogP contribution in [0.4, 0.5) is 0 Å². The van der Waals surface area contributed by atoms with Crippen molar-refractivity contribution in [3.63, 3.8) is 0 Å². The number of ether oxygens (including phenoxy) is 8. The van der Waals surface area contributed by atoms with E-state index in [-0.39, 0.29) is 32.1 Å². The highest BCUT2D eigenvalue weighted by Crippen LogP contribution is 2.49. The molecule has 26 heteroatoms. The van der Waals surface area contributed by atoms with Gasteiger partial charge in [-0.15, -0.1) is 0 Å². The molecule has 0 radical (unpaired) electrons. The van der Waals surface area contributed by atoms with Crippen molar-refractivity contribution in [2.24, 2.45) is 11.8 Å². The summed E-state index contributed by atoms with van der Waals surface area (Å²) in [6.45, 7) is 10.2. The summed E-state index contributed by atoms with van der Waals surface area (Å²) in [5.74, 6) is -1.63. The van der Waals surface area contributed by atoms with Gasteiger partial charge in [-0.1, -0.05) is 323 Å². The maximum Gasteiger partial charge on any atom is 0.472 e. The Morgan fingerprint density at radius 3 is 1.10 bits per heavy atom. The van der Waals surface area contributed by atoms with Gasteiger partial charge in [-0.25, -0.2) is 4.57 Å². The van der Waals surface area contributed by atoms with Crippen molar-refractivity contribution in [2.75, 3.05) is 26.4 Å². The number of phosphoric ester groups is 1. The molecule has 2 saturated heterocycles. The second-order valence-corrected chi connectivity index (χ2v) is 36.2. The number of hydrogen-bond donors (Lipinski definition) is 10. The molecule has 1 aliphatic carbocycles. The third-order valence-electron chi connectivity index (χ3n) is 23.7. The second-order valence-electron chi connectivity index (χ2n) is 34.8. The first-order valence-corrected chi connectivity index (χ1v) is 49.3. The number of esters is 4. The Morgan fingerprint density at radius 1 is 0.353 bits per heavy atom. The van der Waals surface area contributed by atoms with Crippen molar-refractivity contribution < 1.29 is 122 Å². The second kappa shape index (κ2) is 70.1. The van der Waals surface area contributed by atoms with Crippen molar-refractivity contribution in [1.82, 2.24) is 0 Å². The van der Waals surface area contributed by atoms with Gasteiger partial charge >= 0.3 is 31.7 Å². The van der Waals surface area contributed by atoms with Crippen LogP contribution < -0.4 is 0 Å². The summed E-state index contributed by atoms with van der Waals surface area (Å²) in [4.78, 5) is 66.6. The minimum absolute atomic E-state index is 0.0127. The smallest absolute Gasteiger partial charge is 0.463 e. The van der Waals surface area contributed by atoms with Gasteiger partial charge in [0.05, 0.1) is 13.2 Å². The van der Waals surface area contributed by atoms with Crippen LogP contribution in [0, 0.1) is 11.8 Å². The fourth-order valence-corrected chi connectivity index (χ4v) is 16.9. The SMILES string of the molecule is CCCCCC/C=C\CCCCCCCCCC(=O)OCC(COP(=O)(O)OC1C(OC2OC(CO)C(O)C(O)C2O)C(O)C(O)C(OC(=O)CCCCC/C=C\CCCCCCCC)C1OC1OC(COC(=O)CCCCCCCCC(C)CCCCCCCC)C(O)C(O)C1O)OC(=O)CCCCCCCCC(C)CCCCCCCC. The van der Waals surface area contributed by atoms with Crippen molar-refractivity contribution >= 4 is 31.7 Å². The molecule has 20 unspecified atom stereocenters. The molecule has 3 aliphatic rings. The normalized spacial score (nSPS) is 25.4. The van der Waals surface area contributed by atoms with Gasteiger partial charge in [-0.2, -0.15) is 0 Å². The van der Waals surface area contributed by atoms with Gasteiger partial charge in [-0.05, 0) is 88.9 Å². The molecule has 0 spiro atoms. The van der Waals surface area contributed by atoms with E-state index >= 15 is 0 Å². The minimum Gasteiger partial charge on any atom is -0.463 e. The molecule has 0 amide bonds. The Labute approximate surface area is 717 Å². The lowest BCUT2D eigenvalue weighted by molar-refractivity contribution is -0.360. The van der Waals surface area contributed by atoms with Gasteiger partial charge in [0, 0.05) is 25.7 Å². The van der Waals surface area contributed by atoms with Crippen LogP contribution in [0.5, 0.6) is 0 Å².